The van der Waals surface area contributed by atoms with Crippen LogP contribution in [-0.4, -0.2) is 26.7 Å². The number of nitrogens with two attached hydrogens (primary N) is 1. The maximum atomic E-state index is 5.67. The summed E-state index contributed by atoms with van der Waals surface area (Å²) in [5, 5.41) is 4.15. The van der Waals surface area contributed by atoms with Crippen LogP contribution in [-0.2, 0) is 0 Å². The van der Waals surface area contributed by atoms with E-state index in [2.05, 4.69) is 38.8 Å². The van der Waals surface area contributed by atoms with Crippen molar-refractivity contribution in [3.05, 3.63) is 28.7 Å². The third kappa shape index (κ3) is 2.70. The van der Waals surface area contributed by atoms with Gasteiger partial charge in [-0.2, -0.15) is 0 Å². The van der Waals surface area contributed by atoms with Crippen molar-refractivity contribution < 1.29 is 4.74 Å². The lowest BCUT2D eigenvalue weighted by atomic mass is 10.0. The minimum Gasteiger partial charge on any atom is -0.480 e. The molecule has 3 N–H and O–H groups in total. The summed E-state index contributed by atoms with van der Waals surface area (Å²) < 4.78 is 9.22. The van der Waals surface area contributed by atoms with E-state index < -0.39 is 0 Å². The van der Waals surface area contributed by atoms with Crippen LogP contribution in [0.2, 0.25) is 0 Å². The summed E-state index contributed by atoms with van der Waals surface area (Å²) in [7, 11) is 1.55. The Morgan fingerprint density at radius 1 is 1.26 bits per heavy atom. The van der Waals surface area contributed by atoms with Crippen LogP contribution >= 0.6 is 11.5 Å². The van der Waals surface area contributed by atoms with Crippen molar-refractivity contribution in [2.75, 3.05) is 7.11 Å². The monoisotopic (exact) mass is 280 g/mol. The molecule has 19 heavy (non-hydrogen) atoms. The van der Waals surface area contributed by atoms with Gasteiger partial charge in [-0.25, -0.2) is 10.4 Å². The van der Waals surface area contributed by atoms with Gasteiger partial charge in [-0.1, -0.05) is 18.3 Å². The second-order valence-corrected chi connectivity index (χ2v) is 5.01. The van der Waals surface area contributed by atoms with E-state index in [1.54, 1.807) is 19.5 Å². The number of nitrogens with zero attached hydrogens (tertiary/aromatic N) is 4. The number of nitrogens with one attached hydrogen (secondary N) is 1. The molecule has 0 aliphatic heterocycles. The summed E-state index contributed by atoms with van der Waals surface area (Å²) >= 11 is 1.30. The van der Waals surface area contributed by atoms with Gasteiger partial charge >= 0.3 is 0 Å². The Morgan fingerprint density at radius 3 is 2.63 bits per heavy atom. The molecule has 0 bridgehead atoms. The van der Waals surface area contributed by atoms with E-state index in [1.807, 2.05) is 0 Å². The Balaban J connectivity index is 2.47. The lowest BCUT2D eigenvalue weighted by Crippen LogP contribution is -2.30. The lowest BCUT2D eigenvalue weighted by molar-refractivity contribution is 0.383. The van der Waals surface area contributed by atoms with Crippen LogP contribution in [0.4, 0.5) is 0 Å². The Labute approximate surface area is 115 Å². The second-order valence-electron chi connectivity index (χ2n) is 4.23. The van der Waals surface area contributed by atoms with Gasteiger partial charge in [0.25, 0.3) is 0 Å². The summed E-state index contributed by atoms with van der Waals surface area (Å²) in [5.74, 6) is 6.36. The molecule has 2 aromatic heterocycles. The van der Waals surface area contributed by atoms with Crippen LogP contribution in [0, 0.1) is 0 Å². The first kappa shape index (κ1) is 13.8. The first-order valence-corrected chi connectivity index (χ1v) is 6.59. The molecule has 0 radical (unpaired) electrons. The van der Waals surface area contributed by atoms with E-state index in [0.29, 0.717) is 11.6 Å². The highest BCUT2D eigenvalue weighted by Gasteiger charge is 2.26. The number of hydrogen-bond acceptors (Lipinski definition) is 8. The van der Waals surface area contributed by atoms with Crippen molar-refractivity contribution in [1.29, 1.82) is 0 Å². The third-order valence-corrected chi connectivity index (χ3v) is 3.48. The summed E-state index contributed by atoms with van der Waals surface area (Å²) in [4.78, 5) is 9.36. The normalized spacial score (nSPS) is 12.7. The van der Waals surface area contributed by atoms with E-state index in [4.69, 9.17) is 10.6 Å². The fourth-order valence-corrected chi connectivity index (χ4v) is 2.65. The number of hydrazine groups is 1. The molecule has 0 spiro atoms. The van der Waals surface area contributed by atoms with Gasteiger partial charge in [0.2, 0.25) is 5.88 Å². The first-order valence-electron chi connectivity index (χ1n) is 5.82. The topological polar surface area (TPSA) is 98.8 Å². The molecule has 0 aliphatic rings. The molecule has 0 aliphatic carbocycles. The van der Waals surface area contributed by atoms with E-state index in [1.165, 1.54) is 11.5 Å². The van der Waals surface area contributed by atoms with Crippen molar-refractivity contribution in [3.8, 4) is 5.88 Å². The van der Waals surface area contributed by atoms with Gasteiger partial charge in [-0.3, -0.25) is 10.8 Å². The predicted octanol–water partition coefficient (Wildman–Crippen LogP) is 1.01. The quantitative estimate of drug-likeness (QED) is 0.623. The van der Waals surface area contributed by atoms with Gasteiger partial charge in [0.1, 0.15) is 11.7 Å². The van der Waals surface area contributed by atoms with E-state index in [9.17, 15) is 0 Å². The molecule has 0 aromatic carbocycles. The van der Waals surface area contributed by atoms with Crippen molar-refractivity contribution in [3.63, 3.8) is 0 Å². The Morgan fingerprint density at radius 2 is 2.00 bits per heavy atom. The molecular weight excluding hydrogens is 264 g/mol. The van der Waals surface area contributed by atoms with Crippen molar-refractivity contribution in [1.82, 2.24) is 25.0 Å². The Kier molecular flexibility index (Phi) is 4.35. The number of hydrogen-bond donors (Lipinski definition) is 2. The van der Waals surface area contributed by atoms with Crippen molar-refractivity contribution >= 4 is 11.5 Å². The Hall–Kier alpha value is -1.64. The zero-order chi connectivity index (χ0) is 13.8. The van der Waals surface area contributed by atoms with E-state index in [-0.39, 0.29) is 12.0 Å². The molecule has 0 amide bonds. The highest BCUT2D eigenvalue weighted by Crippen LogP contribution is 2.32. The molecule has 0 saturated carbocycles. The largest absolute Gasteiger partial charge is 0.480 e. The van der Waals surface area contributed by atoms with Crippen LogP contribution < -0.4 is 16.0 Å². The molecule has 102 valence electrons. The molecule has 2 rings (SSSR count). The highest BCUT2D eigenvalue weighted by molar-refractivity contribution is 7.05. The van der Waals surface area contributed by atoms with Gasteiger partial charge in [0, 0.05) is 12.4 Å². The van der Waals surface area contributed by atoms with Gasteiger partial charge in [0.15, 0.2) is 0 Å². The van der Waals surface area contributed by atoms with Crippen molar-refractivity contribution in [2.45, 2.75) is 25.8 Å². The van der Waals surface area contributed by atoms with Gasteiger partial charge < -0.3 is 4.74 Å². The zero-order valence-electron chi connectivity index (χ0n) is 11.0. The number of aromatic nitrogens is 4. The molecule has 7 nitrogen and oxygen atoms in total. The first-order chi connectivity index (χ1) is 9.19. The van der Waals surface area contributed by atoms with Crippen molar-refractivity contribution in [2.24, 2.45) is 5.84 Å². The number of ether oxygens (including phenoxy) is 1. The van der Waals surface area contributed by atoms with Crippen LogP contribution in [0.25, 0.3) is 0 Å². The third-order valence-electron chi connectivity index (χ3n) is 2.67. The predicted molar refractivity (Wildman–Crippen MR) is 71.7 cm³/mol. The number of rotatable bonds is 5. The number of methoxy groups -OCH3 is 1. The lowest BCUT2D eigenvalue weighted by Gasteiger charge is -2.17. The van der Waals surface area contributed by atoms with Crippen LogP contribution in [0.5, 0.6) is 5.88 Å². The fourth-order valence-electron chi connectivity index (χ4n) is 1.78. The molecule has 2 heterocycles. The van der Waals surface area contributed by atoms with Crippen LogP contribution in [0.15, 0.2) is 12.4 Å². The molecule has 1 atom stereocenters. The second kappa shape index (κ2) is 6.00. The maximum absolute atomic E-state index is 5.67. The molecule has 0 fully saturated rings. The van der Waals surface area contributed by atoms with Gasteiger partial charge in [0.05, 0.1) is 17.7 Å². The maximum Gasteiger partial charge on any atom is 0.237 e. The van der Waals surface area contributed by atoms with Gasteiger partial charge in [-0.05, 0) is 17.5 Å². The Bertz CT molecular complexity index is 543. The average molecular weight is 280 g/mol. The molecule has 8 heteroatoms. The molecular formula is C11H16N6OS. The van der Waals surface area contributed by atoms with Crippen LogP contribution in [0.1, 0.15) is 42.1 Å². The minimum atomic E-state index is -0.332. The molecule has 1 unspecified atom stereocenters. The minimum absolute atomic E-state index is 0.257. The van der Waals surface area contributed by atoms with E-state index >= 15 is 0 Å². The average Bonchev–Trinajstić information content (AvgIpc) is 2.89. The standard InChI is InChI=1S/C11H16N6OS/c1-6(2)7-10(19-17-16-7)8(15-12)9-11(18-3)14-5-4-13-9/h4-6,8,15H,12H2,1-3H3. The zero-order valence-corrected chi connectivity index (χ0v) is 11.8. The summed E-state index contributed by atoms with van der Waals surface area (Å²) in [5.41, 5.74) is 4.27. The van der Waals surface area contributed by atoms with Crippen LogP contribution in [0.3, 0.4) is 0 Å². The highest BCUT2D eigenvalue weighted by atomic mass is 32.1. The molecule has 2 aromatic rings. The molecule has 0 saturated heterocycles. The summed E-state index contributed by atoms with van der Waals surface area (Å²) in [6, 6.07) is -0.332. The van der Waals surface area contributed by atoms with Gasteiger partial charge in [-0.15, -0.1) is 5.10 Å². The SMILES string of the molecule is COc1nccnc1C(NN)c1snnc1C(C)C. The smallest absolute Gasteiger partial charge is 0.237 e. The summed E-state index contributed by atoms with van der Waals surface area (Å²) in [6.07, 6.45) is 3.18. The summed E-state index contributed by atoms with van der Waals surface area (Å²) in [6.45, 7) is 4.11. The van der Waals surface area contributed by atoms with E-state index in [0.717, 1.165) is 10.6 Å². The fraction of sp³-hybridized carbons (Fsp3) is 0.455.